The molecule has 0 unspecified atom stereocenters. The Morgan fingerprint density at radius 2 is 2.10 bits per heavy atom. The van der Waals surface area contributed by atoms with Gasteiger partial charge in [0.15, 0.2) is 0 Å². The first-order valence-corrected chi connectivity index (χ1v) is 10.6. The fourth-order valence-corrected chi connectivity index (χ4v) is 3.79. The average molecular weight is 444 g/mol. The number of anilines is 4. The zero-order valence-electron chi connectivity index (χ0n) is 22.9. The molecule has 3 N–H and O–H groups in total. The molecule has 0 aliphatic heterocycles. The largest absolute Gasteiger partial charge is 0.329 e. The van der Waals surface area contributed by atoms with Crippen LogP contribution in [-0.2, 0) is 17.1 Å². The van der Waals surface area contributed by atoms with Crippen LogP contribution in [0.2, 0.25) is 0 Å². The number of sulfonamides is 1. The molecule has 0 fully saturated rings. The number of aryl methyl sites for hydroxylation is 3. The monoisotopic (exact) mass is 443 g/mol. The minimum absolute atomic E-state index is 0.00388. The van der Waals surface area contributed by atoms with Crippen molar-refractivity contribution in [3.8, 4) is 0 Å². The van der Waals surface area contributed by atoms with Gasteiger partial charge >= 0.3 is 0 Å². The molecule has 160 valence electrons. The van der Waals surface area contributed by atoms with Crippen LogP contribution >= 0.6 is 0 Å². The fraction of sp³-hybridized carbons (Fsp3) is 0.190. The molecule has 2 aromatic carbocycles. The number of aromatic nitrogens is 4. The molecule has 2 aromatic heterocycles. The molecule has 2 heterocycles. The number of benzene rings is 2. The summed E-state index contributed by atoms with van der Waals surface area (Å²) in [5.41, 5.74) is 0.626. The molecule has 0 spiro atoms. The normalized spacial score (nSPS) is 14.8. The van der Waals surface area contributed by atoms with Crippen molar-refractivity contribution in [1.29, 1.82) is 0 Å². The van der Waals surface area contributed by atoms with Crippen LogP contribution in [0.1, 0.15) is 19.5 Å². The highest BCUT2D eigenvalue weighted by molar-refractivity contribution is 7.89. The van der Waals surface area contributed by atoms with Crippen molar-refractivity contribution in [2.45, 2.75) is 18.7 Å². The van der Waals surface area contributed by atoms with E-state index in [1.54, 1.807) is 26.1 Å². The van der Waals surface area contributed by atoms with Crippen LogP contribution in [0.15, 0.2) is 53.5 Å². The van der Waals surface area contributed by atoms with Crippen molar-refractivity contribution in [1.82, 2.24) is 19.7 Å². The maximum absolute atomic E-state index is 11.8. The van der Waals surface area contributed by atoms with Gasteiger partial charge in [0.25, 0.3) is 0 Å². The second kappa shape index (κ2) is 7.64. The second-order valence-electron chi connectivity index (χ2n) is 6.87. The summed E-state index contributed by atoms with van der Waals surface area (Å²) in [5, 5.41) is 12.3. The smallest absolute Gasteiger partial charge is 0.238 e. The van der Waals surface area contributed by atoms with Gasteiger partial charge in [0, 0.05) is 46.9 Å². The quantitative estimate of drug-likeness (QED) is 0.486. The molecule has 0 amide bonds. The summed E-state index contributed by atoms with van der Waals surface area (Å²) in [7, 11) is -0.978. The second-order valence-corrected chi connectivity index (χ2v) is 8.40. The molecular weight excluding hydrogens is 414 g/mol. The van der Waals surface area contributed by atoms with E-state index in [9.17, 15) is 8.42 Å². The number of hydrogen-bond acceptors (Lipinski definition) is 7. The van der Waals surface area contributed by atoms with Crippen molar-refractivity contribution in [2.24, 2.45) is 12.2 Å². The van der Waals surface area contributed by atoms with Gasteiger partial charge in [-0.05, 0) is 55.7 Å². The van der Waals surface area contributed by atoms with E-state index in [1.165, 1.54) is 30.3 Å². The zero-order chi connectivity index (χ0) is 27.4. The lowest BCUT2D eigenvalue weighted by molar-refractivity contribution is 0.597. The summed E-state index contributed by atoms with van der Waals surface area (Å²) < 4.78 is 73.9. The predicted octanol–water partition coefficient (Wildman–Crippen LogP) is 3.14. The van der Waals surface area contributed by atoms with Crippen molar-refractivity contribution >= 4 is 44.1 Å². The molecule has 9 nitrogen and oxygen atoms in total. The van der Waals surface area contributed by atoms with Crippen LogP contribution in [-0.4, -0.2) is 35.2 Å². The third-order valence-electron chi connectivity index (χ3n) is 4.66. The molecule has 0 saturated carbocycles. The third kappa shape index (κ3) is 4.07. The summed E-state index contributed by atoms with van der Waals surface area (Å²) in [4.78, 5) is 9.89. The number of fused-ring (bicyclic) bond motifs is 1. The Morgan fingerprint density at radius 1 is 1.29 bits per heavy atom. The first kappa shape index (κ1) is 14.5. The van der Waals surface area contributed by atoms with E-state index in [0.29, 0.717) is 11.3 Å². The van der Waals surface area contributed by atoms with E-state index in [1.807, 2.05) is 0 Å². The van der Waals surface area contributed by atoms with E-state index in [2.05, 4.69) is 20.4 Å². The number of nitrogens with zero attached hydrogens (tertiary/aromatic N) is 5. The Labute approximate surface area is 189 Å². The molecule has 0 atom stereocenters. The highest BCUT2D eigenvalue weighted by atomic mass is 32.2. The van der Waals surface area contributed by atoms with Crippen molar-refractivity contribution in [3.05, 3.63) is 59.8 Å². The molecule has 0 aliphatic rings. The van der Waals surface area contributed by atoms with Crippen LogP contribution in [0.25, 0.3) is 10.9 Å². The SMILES string of the molecule is [2H]c1c(N(C)c2ccnc(Nc3ccc(C)c(S(N)(=O)=O)c3)n2)c([2H])c2nn(C)c(C([2H])([2H])[2H])c2c1[2H]. The molecule has 0 saturated heterocycles. The number of hydrogen-bond donors (Lipinski definition) is 2. The van der Waals surface area contributed by atoms with Crippen molar-refractivity contribution in [3.63, 3.8) is 0 Å². The maximum Gasteiger partial charge on any atom is 0.238 e. The van der Waals surface area contributed by atoms with E-state index >= 15 is 0 Å². The van der Waals surface area contributed by atoms with Crippen LogP contribution in [0.3, 0.4) is 0 Å². The Kier molecular flexibility index (Phi) is 3.57. The highest BCUT2D eigenvalue weighted by Crippen LogP contribution is 2.28. The van der Waals surface area contributed by atoms with Gasteiger partial charge in [-0.3, -0.25) is 4.68 Å². The van der Waals surface area contributed by atoms with Crippen LogP contribution < -0.4 is 15.4 Å². The van der Waals surface area contributed by atoms with Crippen LogP contribution in [0.4, 0.5) is 23.1 Å². The number of primary sulfonamides is 1. The van der Waals surface area contributed by atoms with E-state index in [0.717, 1.165) is 4.68 Å². The van der Waals surface area contributed by atoms with Crippen molar-refractivity contribution in [2.75, 3.05) is 17.3 Å². The minimum atomic E-state index is -3.94. The Balaban J connectivity index is 1.77. The first-order chi connectivity index (χ1) is 17.1. The Hall–Kier alpha value is -3.50. The number of nitrogens with one attached hydrogen (secondary N) is 1. The van der Waals surface area contributed by atoms with Gasteiger partial charge < -0.3 is 10.2 Å². The average Bonchev–Trinajstić information content (AvgIpc) is 3.16. The van der Waals surface area contributed by atoms with E-state index in [4.69, 9.17) is 13.4 Å². The predicted molar refractivity (Wildman–Crippen MR) is 121 cm³/mol. The minimum Gasteiger partial charge on any atom is -0.329 e. The molecule has 10 heteroatoms. The highest BCUT2D eigenvalue weighted by Gasteiger charge is 2.14. The standard InChI is InChI=1S/C21H23N7O2S/c1-13-5-6-15(11-19(13)31(22,29)30)24-21-23-10-9-20(25-21)27(3)16-7-8-17-14(2)28(4)26-18(17)12-16/h5-12H,1-4H3,(H2,22,29,30)(H,23,24,25)/i2D3,7D,8D,12D. The van der Waals surface area contributed by atoms with E-state index in [-0.39, 0.29) is 57.1 Å². The molecule has 31 heavy (non-hydrogen) atoms. The van der Waals surface area contributed by atoms with Crippen molar-refractivity contribution < 1.29 is 16.6 Å². The van der Waals surface area contributed by atoms with Gasteiger partial charge in [-0.25, -0.2) is 18.5 Å². The number of nitrogens with two attached hydrogens (primary N) is 1. The van der Waals surface area contributed by atoms with Gasteiger partial charge in [0.1, 0.15) is 5.82 Å². The summed E-state index contributed by atoms with van der Waals surface area (Å²) in [5.74, 6) is 0.352. The topological polar surface area (TPSA) is 119 Å². The zero-order valence-corrected chi connectivity index (χ0v) is 17.7. The van der Waals surface area contributed by atoms with Crippen LogP contribution in [0.5, 0.6) is 0 Å². The third-order valence-corrected chi connectivity index (χ3v) is 5.71. The first-order valence-electron chi connectivity index (χ1n) is 12.1. The molecule has 0 bridgehead atoms. The maximum atomic E-state index is 11.8. The molecular formula is C21H23N7O2S. The number of rotatable bonds is 5. The summed E-state index contributed by atoms with van der Waals surface area (Å²) >= 11 is 0. The molecule has 4 rings (SSSR count). The van der Waals surface area contributed by atoms with Gasteiger partial charge in [-0.1, -0.05) is 6.07 Å². The Morgan fingerprint density at radius 3 is 2.84 bits per heavy atom. The van der Waals surface area contributed by atoms with Gasteiger partial charge in [0.05, 0.1) is 14.5 Å². The summed E-state index contributed by atoms with van der Waals surface area (Å²) in [6, 6.07) is 5.15. The van der Waals surface area contributed by atoms with Crippen LogP contribution in [0, 0.1) is 13.8 Å². The lowest BCUT2D eigenvalue weighted by Crippen LogP contribution is -2.14. The lowest BCUT2D eigenvalue weighted by Gasteiger charge is -2.19. The van der Waals surface area contributed by atoms with Gasteiger partial charge in [-0.15, -0.1) is 0 Å². The molecule has 4 aromatic rings. The van der Waals surface area contributed by atoms with E-state index < -0.39 is 16.9 Å². The molecule has 0 aliphatic carbocycles. The molecule has 0 radical (unpaired) electrons. The Bertz CT molecular complexity index is 1650. The van der Waals surface area contributed by atoms with Gasteiger partial charge in [0.2, 0.25) is 16.0 Å². The summed E-state index contributed by atoms with van der Waals surface area (Å²) in [6.45, 7) is -0.968. The van der Waals surface area contributed by atoms with Gasteiger partial charge in [-0.2, -0.15) is 10.1 Å². The summed E-state index contributed by atoms with van der Waals surface area (Å²) in [6.07, 6.45) is 1.43. The lowest BCUT2D eigenvalue weighted by atomic mass is 10.2. The fourth-order valence-electron chi connectivity index (χ4n) is 2.99.